The number of para-hydroxylation sites is 1. The van der Waals surface area contributed by atoms with Crippen LogP contribution >= 0.6 is 12.2 Å². The van der Waals surface area contributed by atoms with Gasteiger partial charge in [-0.2, -0.15) is 0 Å². The van der Waals surface area contributed by atoms with Crippen LogP contribution in [0.3, 0.4) is 0 Å². The number of carbonyl (C=O) groups is 2. The lowest BCUT2D eigenvalue weighted by atomic mass is 10.1. The molecule has 8 heteroatoms. The standard InChI is InChI=1S/C21H25N3O4S/c1-4-19(25)23-17-13-15(10-9-14(17)2)22-21(29)24-20(26)16-7-5-6-8-18(16)28-12-11-27-3/h5-10,13H,4,11-12H2,1-3H3,(H,23,25)(H2,22,24,26,29). The first-order chi connectivity index (χ1) is 13.9. The number of benzene rings is 2. The van der Waals surface area contributed by atoms with Crippen molar-refractivity contribution in [3.05, 3.63) is 53.6 Å². The highest BCUT2D eigenvalue weighted by Crippen LogP contribution is 2.21. The Morgan fingerprint density at radius 2 is 1.83 bits per heavy atom. The Morgan fingerprint density at radius 3 is 2.55 bits per heavy atom. The number of ether oxygens (including phenoxy) is 2. The van der Waals surface area contributed by atoms with Crippen molar-refractivity contribution >= 4 is 40.5 Å². The first-order valence-electron chi connectivity index (χ1n) is 9.18. The van der Waals surface area contributed by atoms with Crippen LogP contribution in [0.2, 0.25) is 0 Å². The molecule has 0 radical (unpaired) electrons. The molecule has 2 amide bonds. The maximum Gasteiger partial charge on any atom is 0.261 e. The molecule has 2 rings (SSSR count). The molecule has 0 bridgehead atoms. The molecule has 2 aromatic carbocycles. The first-order valence-corrected chi connectivity index (χ1v) is 9.59. The molecule has 0 atom stereocenters. The van der Waals surface area contributed by atoms with Crippen molar-refractivity contribution in [2.45, 2.75) is 20.3 Å². The Balaban J connectivity index is 2.03. The molecule has 2 aromatic rings. The van der Waals surface area contributed by atoms with Crippen molar-refractivity contribution in [1.82, 2.24) is 5.32 Å². The van der Waals surface area contributed by atoms with Crippen LogP contribution in [0.4, 0.5) is 11.4 Å². The summed E-state index contributed by atoms with van der Waals surface area (Å²) in [7, 11) is 1.58. The van der Waals surface area contributed by atoms with Gasteiger partial charge in [0.1, 0.15) is 12.4 Å². The topological polar surface area (TPSA) is 88.7 Å². The number of carbonyl (C=O) groups excluding carboxylic acids is 2. The van der Waals surface area contributed by atoms with Crippen LogP contribution in [-0.2, 0) is 9.53 Å². The predicted molar refractivity (Wildman–Crippen MR) is 118 cm³/mol. The van der Waals surface area contributed by atoms with E-state index in [4.69, 9.17) is 21.7 Å². The lowest BCUT2D eigenvalue weighted by molar-refractivity contribution is -0.115. The smallest absolute Gasteiger partial charge is 0.261 e. The van der Waals surface area contributed by atoms with E-state index in [1.807, 2.05) is 19.1 Å². The Kier molecular flexibility index (Phi) is 8.57. The highest BCUT2D eigenvalue weighted by molar-refractivity contribution is 7.80. The number of thiocarbonyl (C=S) groups is 1. The summed E-state index contributed by atoms with van der Waals surface area (Å²) >= 11 is 5.26. The van der Waals surface area contributed by atoms with Gasteiger partial charge in [-0.1, -0.05) is 25.1 Å². The summed E-state index contributed by atoms with van der Waals surface area (Å²) in [6, 6.07) is 12.3. The molecule has 29 heavy (non-hydrogen) atoms. The lowest BCUT2D eigenvalue weighted by Gasteiger charge is -2.14. The Labute approximate surface area is 175 Å². The second kappa shape index (κ2) is 11.1. The van der Waals surface area contributed by atoms with E-state index in [9.17, 15) is 9.59 Å². The number of rotatable bonds is 8. The highest BCUT2D eigenvalue weighted by Gasteiger charge is 2.14. The quantitative estimate of drug-likeness (QED) is 0.452. The molecular formula is C21H25N3O4S. The van der Waals surface area contributed by atoms with Crippen LogP contribution in [0.5, 0.6) is 5.75 Å². The molecule has 0 heterocycles. The summed E-state index contributed by atoms with van der Waals surface area (Å²) in [5.74, 6) is -0.0157. The van der Waals surface area contributed by atoms with Crippen molar-refractivity contribution in [2.24, 2.45) is 0 Å². The van der Waals surface area contributed by atoms with E-state index >= 15 is 0 Å². The van der Waals surface area contributed by atoms with Crippen LogP contribution < -0.4 is 20.7 Å². The first kappa shape index (κ1) is 22.3. The normalized spacial score (nSPS) is 10.2. The molecule has 0 fully saturated rings. The molecule has 0 saturated carbocycles. The molecule has 154 valence electrons. The van der Waals surface area contributed by atoms with Crippen molar-refractivity contribution in [2.75, 3.05) is 31.0 Å². The molecule has 0 unspecified atom stereocenters. The minimum atomic E-state index is -0.387. The van der Waals surface area contributed by atoms with Crippen molar-refractivity contribution in [3.63, 3.8) is 0 Å². The second-order valence-corrected chi connectivity index (χ2v) is 6.59. The van der Waals surface area contributed by atoms with Crippen molar-refractivity contribution < 1.29 is 19.1 Å². The maximum atomic E-state index is 12.6. The van der Waals surface area contributed by atoms with Gasteiger partial charge in [0.2, 0.25) is 5.91 Å². The fraction of sp³-hybridized carbons (Fsp3) is 0.286. The van der Waals surface area contributed by atoms with Gasteiger partial charge in [0.25, 0.3) is 5.91 Å². The van der Waals surface area contributed by atoms with E-state index in [-0.39, 0.29) is 16.9 Å². The highest BCUT2D eigenvalue weighted by atomic mass is 32.1. The van der Waals surface area contributed by atoms with Gasteiger partial charge in [-0.15, -0.1) is 0 Å². The third kappa shape index (κ3) is 6.85. The zero-order valence-electron chi connectivity index (χ0n) is 16.7. The number of hydrogen-bond donors (Lipinski definition) is 3. The molecule has 0 aromatic heterocycles. The number of aryl methyl sites for hydroxylation is 1. The van der Waals surface area contributed by atoms with Gasteiger partial charge < -0.3 is 20.1 Å². The molecule has 0 aliphatic heterocycles. The summed E-state index contributed by atoms with van der Waals surface area (Å²) in [5.41, 5.74) is 2.63. The number of anilines is 2. The number of nitrogens with one attached hydrogen (secondary N) is 3. The van der Waals surface area contributed by atoms with E-state index in [0.717, 1.165) is 5.56 Å². The van der Waals surface area contributed by atoms with Crippen LogP contribution in [-0.4, -0.2) is 37.3 Å². The zero-order valence-corrected chi connectivity index (χ0v) is 17.5. The number of hydrogen-bond acceptors (Lipinski definition) is 5. The fourth-order valence-corrected chi connectivity index (χ4v) is 2.63. The maximum absolute atomic E-state index is 12.6. The summed E-state index contributed by atoms with van der Waals surface area (Å²) in [5, 5.41) is 8.58. The van der Waals surface area contributed by atoms with Gasteiger partial charge in [-0.3, -0.25) is 14.9 Å². The predicted octanol–water partition coefficient (Wildman–Crippen LogP) is 3.50. The van der Waals surface area contributed by atoms with Crippen LogP contribution in [0, 0.1) is 6.92 Å². The summed E-state index contributed by atoms with van der Waals surface area (Å²) in [4.78, 5) is 24.3. The van der Waals surface area contributed by atoms with E-state index in [2.05, 4.69) is 16.0 Å². The van der Waals surface area contributed by atoms with Crippen molar-refractivity contribution in [1.29, 1.82) is 0 Å². The molecule has 0 saturated heterocycles. The minimum Gasteiger partial charge on any atom is -0.490 e. The third-order valence-electron chi connectivity index (χ3n) is 3.99. The Hall–Kier alpha value is -2.97. The molecule has 0 aliphatic carbocycles. The van der Waals surface area contributed by atoms with E-state index in [1.165, 1.54) is 0 Å². The number of amides is 2. The van der Waals surface area contributed by atoms with E-state index in [1.54, 1.807) is 44.4 Å². The molecule has 3 N–H and O–H groups in total. The van der Waals surface area contributed by atoms with Crippen LogP contribution in [0.1, 0.15) is 29.3 Å². The molecule has 7 nitrogen and oxygen atoms in total. The fourth-order valence-electron chi connectivity index (χ4n) is 2.42. The van der Waals surface area contributed by atoms with Crippen LogP contribution in [0.15, 0.2) is 42.5 Å². The van der Waals surface area contributed by atoms with Gasteiger partial charge in [0, 0.05) is 24.9 Å². The Morgan fingerprint density at radius 1 is 1.07 bits per heavy atom. The summed E-state index contributed by atoms with van der Waals surface area (Å²) in [6.07, 6.45) is 0.386. The van der Waals surface area contributed by atoms with Crippen LogP contribution in [0.25, 0.3) is 0 Å². The van der Waals surface area contributed by atoms with E-state index in [0.29, 0.717) is 42.3 Å². The van der Waals surface area contributed by atoms with Gasteiger partial charge in [-0.05, 0) is 49.0 Å². The van der Waals surface area contributed by atoms with Gasteiger partial charge >= 0.3 is 0 Å². The summed E-state index contributed by atoms with van der Waals surface area (Å²) < 4.78 is 10.5. The second-order valence-electron chi connectivity index (χ2n) is 6.18. The third-order valence-corrected chi connectivity index (χ3v) is 4.20. The SMILES string of the molecule is CCC(=O)Nc1cc(NC(=S)NC(=O)c2ccccc2OCCOC)ccc1C. The minimum absolute atomic E-state index is 0.0776. The number of methoxy groups -OCH3 is 1. The molecular weight excluding hydrogens is 390 g/mol. The summed E-state index contributed by atoms with van der Waals surface area (Å²) in [6.45, 7) is 4.43. The average Bonchev–Trinajstić information content (AvgIpc) is 2.70. The Bertz CT molecular complexity index is 886. The monoisotopic (exact) mass is 415 g/mol. The molecule has 0 aliphatic rings. The molecule has 0 spiro atoms. The largest absolute Gasteiger partial charge is 0.490 e. The van der Waals surface area contributed by atoms with Gasteiger partial charge in [-0.25, -0.2) is 0 Å². The van der Waals surface area contributed by atoms with Gasteiger partial charge in [0.15, 0.2) is 5.11 Å². The average molecular weight is 416 g/mol. The van der Waals surface area contributed by atoms with Gasteiger partial charge in [0.05, 0.1) is 12.2 Å². The zero-order chi connectivity index (χ0) is 21.2. The van der Waals surface area contributed by atoms with Crippen molar-refractivity contribution in [3.8, 4) is 5.75 Å². The lowest BCUT2D eigenvalue weighted by Crippen LogP contribution is -2.34. The van der Waals surface area contributed by atoms with E-state index < -0.39 is 0 Å².